The molecule has 11 heavy (non-hydrogen) atoms. The summed E-state index contributed by atoms with van der Waals surface area (Å²) in [6.07, 6.45) is 1.87. The summed E-state index contributed by atoms with van der Waals surface area (Å²) < 4.78 is 3.99. The maximum Gasteiger partial charge on any atom is 0.347 e. The summed E-state index contributed by atoms with van der Waals surface area (Å²) in [5.74, 6) is -0.884. The van der Waals surface area contributed by atoms with Crippen LogP contribution in [0.3, 0.4) is 0 Å². The predicted octanol–water partition coefficient (Wildman–Crippen LogP) is 1.79. The number of aromatic carboxylic acids is 1. The number of hydrogen-bond acceptors (Lipinski definition) is 3. The van der Waals surface area contributed by atoms with Crippen LogP contribution in [0.25, 0.3) is 0 Å². The summed E-state index contributed by atoms with van der Waals surface area (Å²) in [7, 11) is 0. The van der Waals surface area contributed by atoms with Crippen LogP contribution in [-0.4, -0.2) is 15.4 Å². The molecule has 4 heteroatoms. The molecule has 0 aliphatic rings. The van der Waals surface area contributed by atoms with Crippen molar-refractivity contribution in [2.45, 2.75) is 19.8 Å². The highest BCUT2D eigenvalue weighted by molar-refractivity contribution is 7.08. The minimum atomic E-state index is -0.884. The van der Waals surface area contributed by atoms with Gasteiger partial charge in [-0.25, -0.2) is 4.79 Å². The Morgan fingerprint density at radius 1 is 1.82 bits per heavy atom. The standard InChI is InChI=1S/C7H9NO2S/c1-2-3-5-4-6(7(9)10)11-8-5/h4H,2-3H2,1H3,(H,9,10). The number of rotatable bonds is 3. The average Bonchev–Trinajstić information content (AvgIpc) is 2.37. The zero-order valence-electron chi connectivity index (χ0n) is 6.20. The SMILES string of the molecule is CCCc1cc(C(=O)O)sn1. The summed E-state index contributed by atoms with van der Waals surface area (Å²) in [4.78, 5) is 10.7. The highest BCUT2D eigenvalue weighted by Gasteiger charge is 2.06. The first-order valence-electron chi connectivity index (χ1n) is 3.43. The van der Waals surface area contributed by atoms with Gasteiger partial charge in [-0.15, -0.1) is 0 Å². The highest BCUT2D eigenvalue weighted by atomic mass is 32.1. The summed E-state index contributed by atoms with van der Waals surface area (Å²) >= 11 is 1.05. The number of carbonyl (C=O) groups is 1. The van der Waals surface area contributed by atoms with Gasteiger partial charge in [-0.05, 0) is 24.0 Å². The van der Waals surface area contributed by atoms with E-state index in [1.165, 1.54) is 0 Å². The molecule has 0 atom stereocenters. The lowest BCUT2D eigenvalue weighted by atomic mass is 10.2. The molecule has 0 saturated heterocycles. The third kappa shape index (κ3) is 2.01. The molecule has 60 valence electrons. The fourth-order valence-corrected chi connectivity index (χ4v) is 1.41. The predicted molar refractivity (Wildman–Crippen MR) is 43.1 cm³/mol. The van der Waals surface area contributed by atoms with Crippen molar-refractivity contribution in [3.05, 3.63) is 16.6 Å². The van der Waals surface area contributed by atoms with Crippen molar-refractivity contribution in [1.29, 1.82) is 0 Å². The second-order valence-corrected chi connectivity index (χ2v) is 3.04. The Labute approximate surface area is 68.8 Å². The van der Waals surface area contributed by atoms with Gasteiger partial charge in [-0.2, -0.15) is 4.37 Å². The molecule has 0 saturated carbocycles. The third-order valence-corrected chi connectivity index (χ3v) is 2.09. The zero-order chi connectivity index (χ0) is 8.27. The fourth-order valence-electron chi connectivity index (χ4n) is 0.787. The normalized spacial score (nSPS) is 9.91. The molecule has 1 aromatic heterocycles. The summed E-state index contributed by atoms with van der Waals surface area (Å²) in [6, 6.07) is 1.64. The first kappa shape index (κ1) is 8.20. The van der Waals surface area contributed by atoms with E-state index in [0.29, 0.717) is 4.88 Å². The van der Waals surface area contributed by atoms with Crippen molar-refractivity contribution in [1.82, 2.24) is 4.37 Å². The van der Waals surface area contributed by atoms with Crippen LogP contribution in [0.4, 0.5) is 0 Å². The molecular formula is C7H9NO2S. The van der Waals surface area contributed by atoms with Crippen molar-refractivity contribution >= 4 is 17.5 Å². The highest BCUT2D eigenvalue weighted by Crippen LogP contribution is 2.10. The quantitative estimate of drug-likeness (QED) is 0.754. The van der Waals surface area contributed by atoms with Crippen LogP contribution in [-0.2, 0) is 6.42 Å². The second kappa shape index (κ2) is 3.48. The van der Waals surface area contributed by atoms with Gasteiger partial charge in [0, 0.05) is 0 Å². The Balaban J connectivity index is 2.73. The molecule has 0 bridgehead atoms. The molecule has 1 rings (SSSR count). The molecule has 0 spiro atoms. The lowest BCUT2D eigenvalue weighted by Gasteiger charge is -1.85. The van der Waals surface area contributed by atoms with Gasteiger partial charge in [-0.1, -0.05) is 13.3 Å². The molecule has 1 N–H and O–H groups in total. The topological polar surface area (TPSA) is 50.2 Å². The van der Waals surface area contributed by atoms with E-state index in [1.807, 2.05) is 6.92 Å². The van der Waals surface area contributed by atoms with E-state index in [9.17, 15) is 4.79 Å². The average molecular weight is 171 g/mol. The lowest BCUT2D eigenvalue weighted by molar-refractivity contribution is 0.0702. The van der Waals surface area contributed by atoms with Gasteiger partial charge in [0.25, 0.3) is 0 Å². The Bertz CT molecular complexity index is 257. The van der Waals surface area contributed by atoms with Gasteiger partial charge >= 0.3 is 5.97 Å². The number of aromatic nitrogens is 1. The zero-order valence-corrected chi connectivity index (χ0v) is 7.02. The molecule has 0 radical (unpaired) electrons. The number of nitrogens with zero attached hydrogens (tertiary/aromatic N) is 1. The Morgan fingerprint density at radius 2 is 2.55 bits per heavy atom. The number of hydrogen-bond donors (Lipinski definition) is 1. The van der Waals surface area contributed by atoms with Crippen LogP contribution in [0.5, 0.6) is 0 Å². The van der Waals surface area contributed by atoms with Gasteiger partial charge in [-0.3, -0.25) is 0 Å². The molecule has 0 aliphatic carbocycles. The molecular weight excluding hydrogens is 162 g/mol. The minimum absolute atomic E-state index is 0.327. The van der Waals surface area contributed by atoms with Crippen molar-refractivity contribution in [3.8, 4) is 0 Å². The number of aryl methyl sites for hydroxylation is 1. The van der Waals surface area contributed by atoms with Crippen LogP contribution in [0, 0.1) is 0 Å². The van der Waals surface area contributed by atoms with Crippen LogP contribution in [0.1, 0.15) is 28.7 Å². The molecule has 1 aromatic rings. The third-order valence-electron chi connectivity index (χ3n) is 1.28. The van der Waals surface area contributed by atoms with Gasteiger partial charge in [0.15, 0.2) is 0 Å². The molecule has 0 amide bonds. The maximum absolute atomic E-state index is 10.4. The van der Waals surface area contributed by atoms with Crippen molar-refractivity contribution in [3.63, 3.8) is 0 Å². The molecule has 0 aliphatic heterocycles. The number of carboxylic acids is 1. The largest absolute Gasteiger partial charge is 0.477 e. The Morgan fingerprint density at radius 3 is 3.00 bits per heavy atom. The van der Waals surface area contributed by atoms with Gasteiger partial charge in [0.1, 0.15) is 4.88 Å². The minimum Gasteiger partial charge on any atom is -0.477 e. The lowest BCUT2D eigenvalue weighted by Crippen LogP contribution is -1.90. The van der Waals surface area contributed by atoms with E-state index >= 15 is 0 Å². The first-order chi connectivity index (χ1) is 5.24. The van der Waals surface area contributed by atoms with Gasteiger partial charge in [0.05, 0.1) is 5.69 Å². The van der Waals surface area contributed by atoms with Crippen LogP contribution < -0.4 is 0 Å². The first-order valence-corrected chi connectivity index (χ1v) is 4.20. The monoisotopic (exact) mass is 171 g/mol. The molecule has 0 aromatic carbocycles. The second-order valence-electron chi connectivity index (χ2n) is 2.24. The smallest absolute Gasteiger partial charge is 0.347 e. The Hall–Kier alpha value is -0.900. The maximum atomic E-state index is 10.4. The molecule has 3 nitrogen and oxygen atoms in total. The Kier molecular flexibility index (Phi) is 2.59. The van der Waals surface area contributed by atoms with E-state index in [0.717, 1.165) is 30.1 Å². The summed E-state index contributed by atoms with van der Waals surface area (Å²) in [5, 5.41) is 8.54. The number of carboxylic acid groups (broad SMARTS) is 1. The van der Waals surface area contributed by atoms with Crippen LogP contribution >= 0.6 is 11.5 Å². The van der Waals surface area contributed by atoms with Gasteiger partial charge in [0.2, 0.25) is 0 Å². The van der Waals surface area contributed by atoms with Crippen molar-refractivity contribution < 1.29 is 9.90 Å². The molecule has 1 heterocycles. The van der Waals surface area contributed by atoms with E-state index in [2.05, 4.69) is 4.37 Å². The molecule has 0 fully saturated rings. The van der Waals surface area contributed by atoms with Crippen LogP contribution in [0.15, 0.2) is 6.07 Å². The van der Waals surface area contributed by atoms with E-state index < -0.39 is 5.97 Å². The van der Waals surface area contributed by atoms with E-state index in [1.54, 1.807) is 6.07 Å². The van der Waals surface area contributed by atoms with Crippen LogP contribution in [0.2, 0.25) is 0 Å². The van der Waals surface area contributed by atoms with E-state index in [-0.39, 0.29) is 0 Å². The van der Waals surface area contributed by atoms with Crippen molar-refractivity contribution in [2.75, 3.05) is 0 Å². The molecule has 0 unspecified atom stereocenters. The fraction of sp³-hybridized carbons (Fsp3) is 0.429. The van der Waals surface area contributed by atoms with E-state index in [4.69, 9.17) is 5.11 Å². The van der Waals surface area contributed by atoms with Gasteiger partial charge < -0.3 is 5.11 Å². The summed E-state index contributed by atoms with van der Waals surface area (Å²) in [5.41, 5.74) is 0.884. The van der Waals surface area contributed by atoms with Crippen molar-refractivity contribution in [2.24, 2.45) is 0 Å². The summed E-state index contributed by atoms with van der Waals surface area (Å²) in [6.45, 7) is 2.04.